The van der Waals surface area contributed by atoms with Crippen molar-refractivity contribution in [3.63, 3.8) is 0 Å². The molecule has 0 aromatic carbocycles. The van der Waals surface area contributed by atoms with Crippen molar-refractivity contribution < 1.29 is 71.7 Å². The van der Waals surface area contributed by atoms with Gasteiger partial charge < -0.3 is 9.84 Å². The van der Waals surface area contributed by atoms with Crippen molar-refractivity contribution in [1.82, 2.24) is 0 Å². The molecule has 0 bridgehead atoms. The van der Waals surface area contributed by atoms with Crippen LogP contribution in [-0.4, -0.2) is 59.6 Å². The van der Waals surface area contributed by atoms with Crippen molar-refractivity contribution in [3.05, 3.63) is 12.2 Å². The molecule has 0 amide bonds. The van der Waals surface area contributed by atoms with Crippen LogP contribution in [0.25, 0.3) is 0 Å². The van der Waals surface area contributed by atoms with E-state index in [4.69, 9.17) is 5.11 Å². The lowest BCUT2D eigenvalue weighted by Gasteiger charge is -2.40. The second kappa shape index (κ2) is 7.83. The quantitative estimate of drug-likeness (QED) is 0.310. The Hall–Kier alpha value is -1.74. The van der Waals surface area contributed by atoms with Gasteiger partial charge in [0.2, 0.25) is 0 Å². The molecular formula is C13H11F13O3. The predicted octanol–water partition coefficient (Wildman–Crippen LogP) is 4.60. The van der Waals surface area contributed by atoms with E-state index in [1.165, 1.54) is 0 Å². The van der Waals surface area contributed by atoms with Gasteiger partial charge in [0.1, 0.15) is 6.61 Å². The smallest absolute Gasteiger partial charge is 0.460 e. The summed E-state index contributed by atoms with van der Waals surface area (Å²) in [7, 11) is 0. The van der Waals surface area contributed by atoms with Crippen LogP contribution in [0.1, 0.15) is 13.3 Å². The predicted molar refractivity (Wildman–Crippen MR) is 67.2 cm³/mol. The topological polar surface area (TPSA) is 46.5 Å². The summed E-state index contributed by atoms with van der Waals surface area (Å²) in [5.41, 5.74) is -0.394. The van der Waals surface area contributed by atoms with Gasteiger partial charge in [0.15, 0.2) is 0 Å². The van der Waals surface area contributed by atoms with E-state index < -0.39 is 66.5 Å². The van der Waals surface area contributed by atoms with E-state index in [0.717, 1.165) is 6.92 Å². The average molecular weight is 462 g/mol. The molecule has 172 valence electrons. The SMILES string of the molecule is C=C(C)C(=O)OCC(O)CC(F)(F)C(F)(F)C(F)(F)C(F)(F)C(F)(F)C(F)(F)F. The number of carbonyl (C=O) groups excluding carboxylic acids is 1. The minimum absolute atomic E-state index is 0.394. The number of rotatable bonds is 9. The number of hydrogen-bond acceptors (Lipinski definition) is 3. The minimum atomic E-state index is -8.01. The van der Waals surface area contributed by atoms with Crippen molar-refractivity contribution in [2.75, 3.05) is 6.61 Å². The van der Waals surface area contributed by atoms with Crippen molar-refractivity contribution in [2.24, 2.45) is 0 Å². The summed E-state index contributed by atoms with van der Waals surface area (Å²) in [5, 5.41) is 9.06. The first kappa shape index (κ1) is 27.3. The van der Waals surface area contributed by atoms with Crippen LogP contribution in [0.5, 0.6) is 0 Å². The zero-order chi connectivity index (χ0) is 23.9. The minimum Gasteiger partial charge on any atom is -0.460 e. The lowest BCUT2D eigenvalue weighted by molar-refractivity contribution is -0.440. The Balaban J connectivity index is 5.81. The molecule has 0 saturated heterocycles. The zero-order valence-electron chi connectivity index (χ0n) is 13.9. The molecule has 1 unspecified atom stereocenters. The average Bonchev–Trinajstić information content (AvgIpc) is 2.49. The summed E-state index contributed by atoms with van der Waals surface area (Å²) in [5.74, 6) is -39.1. The maximum absolute atomic E-state index is 13.4. The van der Waals surface area contributed by atoms with E-state index in [9.17, 15) is 61.9 Å². The van der Waals surface area contributed by atoms with E-state index in [1.54, 1.807) is 0 Å². The van der Waals surface area contributed by atoms with Crippen molar-refractivity contribution >= 4 is 5.97 Å². The van der Waals surface area contributed by atoms with Gasteiger partial charge in [-0.1, -0.05) is 6.58 Å². The van der Waals surface area contributed by atoms with Crippen LogP contribution in [0.4, 0.5) is 57.1 Å². The first-order valence-corrected chi connectivity index (χ1v) is 6.94. The van der Waals surface area contributed by atoms with E-state index in [1.807, 2.05) is 0 Å². The zero-order valence-corrected chi connectivity index (χ0v) is 13.9. The van der Waals surface area contributed by atoms with E-state index in [-0.39, 0.29) is 0 Å². The van der Waals surface area contributed by atoms with Gasteiger partial charge in [-0.2, -0.15) is 57.1 Å². The highest BCUT2D eigenvalue weighted by molar-refractivity contribution is 5.86. The van der Waals surface area contributed by atoms with Crippen LogP contribution in [0.2, 0.25) is 0 Å². The molecule has 0 spiro atoms. The molecule has 0 aliphatic rings. The summed E-state index contributed by atoms with van der Waals surface area (Å²) >= 11 is 0. The third kappa shape index (κ3) is 4.71. The van der Waals surface area contributed by atoms with Crippen LogP contribution >= 0.6 is 0 Å². The molecule has 0 aromatic heterocycles. The number of carbonyl (C=O) groups is 1. The molecule has 0 rings (SSSR count). The molecular weight excluding hydrogens is 451 g/mol. The van der Waals surface area contributed by atoms with E-state index >= 15 is 0 Å². The maximum atomic E-state index is 13.4. The molecule has 16 heteroatoms. The third-order valence-corrected chi connectivity index (χ3v) is 3.25. The molecule has 0 aliphatic carbocycles. The van der Waals surface area contributed by atoms with Crippen molar-refractivity contribution in [1.29, 1.82) is 0 Å². The van der Waals surface area contributed by atoms with Crippen LogP contribution in [0.3, 0.4) is 0 Å². The molecule has 0 radical (unpaired) electrons. The lowest BCUT2D eigenvalue weighted by Crippen LogP contribution is -2.70. The van der Waals surface area contributed by atoms with Crippen LogP contribution in [-0.2, 0) is 9.53 Å². The van der Waals surface area contributed by atoms with Gasteiger partial charge in [0.05, 0.1) is 6.10 Å². The van der Waals surface area contributed by atoms with Gasteiger partial charge in [0, 0.05) is 12.0 Å². The highest BCUT2D eigenvalue weighted by Crippen LogP contribution is 2.60. The molecule has 0 aromatic rings. The fourth-order valence-electron chi connectivity index (χ4n) is 1.58. The van der Waals surface area contributed by atoms with E-state index in [0.29, 0.717) is 0 Å². The first-order chi connectivity index (χ1) is 12.5. The van der Waals surface area contributed by atoms with Crippen LogP contribution < -0.4 is 0 Å². The number of halogens is 13. The number of aliphatic hydroxyl groups is 1. The van der Waals surface area contributed by atoms with Crippen molar-refractivity contribution in [2.45, 2.75) is 55.2 Å². The molecule has 0 aliphatic heterocycles. The second-order valence-corrected chi connectivity index (χ2v) is 5.74. The number of alkyl halides is 13. The van der Waals surface area contributed by atoms with Crippen LogP contribution in [0, 0.1) is 0 Å². The Labute approximate surface area is 153 Å². The third-order valence-electron chi connectivity index (χ3n) is 3.25. The van der Waals surface area contributed by atoms with Gasteiger partial charge in [-0.05, 0) is 6.92 Å². The maximum Gasteiger partial charge on any atom is 0.460 e. The van der Waals surface area contributed by atoms with Gasteiger partial charge in [-0.3, -0.25) is 0 Å². The highest BCUT2D eigenvalue weighted by atomic mass is 19.4. The molecule has 1 atom stereocenters. The fourth-order valence-corrected chi connectivity index (χ4v) is 1.58. The largest absolute Gasteiger partial charge is 0.460 e. The summed E-state index contributed by atoms with van der Waals surface area (Å²) in [6, 6.07) is 0. The normalized spacial score (nSPS) is 15.8. The molecule has 29 heavy (non-hydrogen) atoms. The summed E-state index contributed by atoms with van der Waals surface area (Å²) < 4.78 is 171. The van der Waals surface area contributed by atoms with Crippen LogP contribution in [0.15, 0.2) is 12.2 Å². The lowest BCUT2D eigenvalue weighted by atomic mass is 9.91. The number of ether oxygens (including phenoxy) is 1. The van der Waals surface area contributed by atoms with Crippen molar-refractivity contribution in [3.8, 4) is 0 Å². The number of aliphatic hydroxyl groups excluding tert-OH is 1. The van der Waals surface area contributed by atoms with Gasteiger partial charge in [-0.15, -0.1) is 0 Å². The summed E-state index contributed by atoms with van der Waals surface area (Å²) in [6.45, 7) is 2.41. The van der Waals surface area contributed by atoms with E-state index in [2.05, 4.69) is 11.3 Å². The molecule has 3 nitrogen and oxygen atoms in total. The standard InChI is InChI=1S/C13H11F13O3/c1-5(2)7(28)29-4-6(27)3-8(14,15)9(16,17)10(18,19)11(20,21)12(22,23)13(24,25)26/h6,27H,1,3-4H2,2H3. The van der Waals surface area contributed by atoms with Gasteiger partial charge >= 0.3 is 41.8 Å². The first-order valence-electron chi connectivity index (χ1n) is 6.94. The Morgan fingerprint density at radius 3 is 1.55 bits per heavy atom. The molecule has 0 heterocycles. The Morgan fingerprint density at radius 2 is 1.21 bits per heavy atom. The molecule has 1 N–H and O–H groups in total. The Kier molecular flexibility index (Phi) is 7.36. The monoisotopic (exact) mass is 462 g/mol. The summed E-state index contributed by atoms with van der Waals surface area (Å²) in [6.07, 6.45) is -13.3. The molecule has 0 saturated carbocycles. The fraction of sp³-hybridized carbons (Fsp3) is 0.769. The Bertz CT molecular complexity index is 624. The Morgan fingerprint density at radius 1 is 0.828 bits per heavy atom. The second-order valence-electron chi connectivity index (χ2n) is 5.74. The van der Waals surface area contributed by atoms with Gasteiger partial charge in [-0.25, -0.2) is 4.79 Å². The highest BCUT2D eigenvalue weighted by Gasteiger charge is 2.90. The molecule has 0 fully saturated rings. The number of hydrogen-bond donors (Lipinski definition) is 1. The van der Waals surface area contributed by atoms with Gasteiger partial charge in [0.25, 0.3) is 0 Å². The summed E-state index contributed by atoms with van der Waals surface area (Å²) in [4.78, 5) is 10.9. The number of esters is 1.